The third-order valence-corrected chi connectivity index (χ3v) is 4.20. The second kappa shape index (κ2) is 7.21. The molecule has 1 saturated heterocycles. The molecule has 3 heteroatoms. The molecular formula is C17H27NO2. The van der Waals surface area contributed by atoms with Crippen molar-refractivity contribution in [2.45, 2.75) is 44.8 Å². The molecule has 1 heterocycles. The maximum Gasteiger partial charge on any atom is 0.110 e. The molecule has 1 aliphatic heterocycles. The van der Waals surface area contributed by atoms with Crippen LogP contribution in [-0.4, -0.2) is 30.9 Å². The monoisotopic (exact) mass is 277 g/mol. The number of benzene rings is 1. The highest BCUT2D eigenvalue weighted by Gasteiger charge is 2.29. The molecule has 2 N–H and O–H groups in total. The van der Waals surface area contributed by atoms with E-state index in [1.165, 1.54) is 19.3 Å². The van der Waals surface area contributed by atoms with Gasteiger partial charge in [-0.25, -0.2) is 0 Å². The fourth-order valence-corrected chi connectivity index (χ4v) is 2.93. The lowest BCUT2D eigenvalue weighted by molar-refractivity contribution is -0.0886. The first kappa shape index (κ1) is 15.5. The van der Waals surface area contributed by atoms with Gasteiger partial charge in [0.1, 0.15) is 5.60 Å². The summed E-state index contributed by atoms with van der Waals surface area (Å²) in [5.74, 6) is 0.618. The van der Waals surface area contributed by atoms with Crippen molar-refractivity contribution in [2.24, 2.45) is 5.92 Å². The van der Waals surface area contributed by atoms with E-state index in [9.17, 15) is 5.11 Å². The van der Waals surface area contributed by atoms with Crippen molar-refractivity contribution in [1.82, 2.24) is 5.32 Å². The zero-order chi connectivity index (χ0) is 14.4. The lowest BCUT2D eigenvalue weighted by Crippen LogP contribution is -2.44. The van der Waals surface area contributed by atoms with Gasteiger partial charge in [0.05, 0.1) is 12.7 Å². The molecule has 1 aliphatic rings. The van der Waals surface area contributed by atoms with Gasteiger partial charge in [0.2, 0.25) is 0 Å². The van der Waals surface area contributed by atoms with E-state index in [0.717, 1.165) is 18.7 Å². The second-order valence-corrected chi connectivity index (χ2v) is 6.03. The highest BCUT2D eigenvalue weighted by molar-refractivity contribution is 5.21. The number of aliphatic hydroxyl groups is 1. The molecule has 1 aromatic carbocycles. The van der Waals surface area contributed by atoms with Gasteiger partial charge < -0.3 is 15.2 Å². The summed E-state index contributed by atoms with van der Waals surface area (Å²) >= 11 is 0. The first-order chi connectivity index (χ1) is 9.63. The van der Waals surface area contributed by atoms with E-state index >= 15 is 0 Å². The van der Waals surface area contributed by atoms with Gasteiger partial charge in [0.15, 0.2) is 0 Å². The van der Waals surface area contributed by atoms with E-state index in [1.807, 2.05) is 37.3 Å². The smallest absolute Gasteiger partial charge is 0.110 e. The standard InChI is InChI=1S/C17H27NO2/c1-3-7-14-10-11-18-12-16(14)20-13-17(2,19)15-8-5-4-6-9-15/h4-6,8-9,14,16,18-19H,3,7,10-13H2,1-2H3. The van der Waals surface area contributed by atoms with Crippen LogP contribution in [0.3, 0.4) is 0 Å². The SMILES string of the molecule is CCCC1CCNCC1OCC(C)(O)c1ccccc1. The third-order valence-electron chi connectivity index (χ3n) is 4.20. The molecule has 20 heavy (non-hydrogen) atoms. The van der Waals surface area contributed by atoms with Crippen molar-refractivity contribution in [2.75, 3.05) is 19.7 Å². The highest BCUT2D eigenvalue weighted by atomic mass is 16.5. The summed E-state index contributed by atoms with van der Waals surface area (Å²) in [6.07, 6.45) is 3.80. The molecule has 3 atom stereocenters. The molecule has 0 saturated carbocycles. The van der Waals surface area contributed by atoms with Gasteiger partial charge in [-0.2, -0.15) is 0 Å². The largest absolute Gasteiger partial charge is 0.383 e. The maximum absolute atomic E-state index is 10.6. The predicted octanol–water partition coefficient (Wildman–Crippen LogP) is 2.69. The van der Waals surface area contributed by atoms with E-state index in [1.54, 1.807) is 0 Å². The van der Waals surface area contributed by atoms with E-state index in [4.69, 9.17) is 4.74 Å². The summed E-state index contributed by atoms with van der Waals surface area (Å²) in [5, 5.41) is 14.0. The number of ether oxygens (including phenoxy) is 1. The summed E-state index contributed by atoms with van der Waals surface area (Å²) in [7, 11) is 0. The summed E-state index contributed by atoms with van der Waals surface area (Å²) in [4.78, 5) is 0. The number of hydrogen-bond donors (Lipinski definition) is 2. The van der Waals surface area contributed by atoms with Gasteiger partial charge in [-0.3, -0.25) is 0 Å². The molecule has 112 valence electrons. The van der Waals surface area contributed by atoms with Crippen LogP contribution in [0, 0.1) is 5.92 Å². The Labute approximate surface area is 122 Å². The van der Waals surface area contributed by atoms with Crippen molar-refractivity contribution in [3.8, 4) is 0 Å². The van der Waals surface area contributed by atoms with Gasteiger partial charge >= 0.3 is 0 Å². The Morgan fingerprint density at radius 2 is 2.10 bits per heavy atom. The van der Waals surface area contributed by atoms with Gasteiger partial charge in [-0.1, -0.05) is 43.7 Å². The van der Waals surface area contributed by atoms with Crippen LogP contribution >= 0.6 is 0 Å². The Balaban J connectivity index is 1.92. The van der Waals surface area contributed by atoms with E-state index in [0.29, 0.717) is 12.5 Å². The third kappa shape index (κ3) is 4.05. The molecule has 0 radical (unpaired) electrons. The van der Waals surface area contributed by atoms with Crippen LogP contribution in [-0.2, 0) is 10.3 Å². The normalized spacial score (nSPS) is 26.1. The number of hydrogen-bond acceptors (Lipinski definition) is 3. The Hall–Kier alpha value is -0.900. The summed E-state index contributed by atoms with van der Waals surface area (Å²) in [5.41, 5.74) is -0.00837. The Morgan fingerprint density at radius 1 is 1.35 bits per heavy atom. The predicted molar refractivity (Wildman–Crippen MR) is 81.6 cm³/mol. The first-order valence-corrected chi connectivity index (χ1v) is 7.73. The van der Waals surface area contributed by atoms with Crippen LogP contribution in [0.15, 0.2) is 30.3 Å². The van der Waals surface area contributed by atoms with E-state index in [2.05, 4.69) is 12.2 Å². The number of rotatable bonds is 6. The lowest BCUT2D eigenvalue weighted by Gasteiger charge is -2.34. The van der Waals surface area contributed by atoms with E-state index in [-0.39, 0.29) is 6.10 Å². The van der Waals surface area contributed by atoms with Crippen LogP contribution in [0.1, 0.15) is 38.7 Å². The van der Waals surface area contributed by atoms with Crippen molar-refractivity contribution in [1.29, 1.82) is 0 Å². The van der Waals surface area contributed by atoms with Crippen LogP contribution < -0.4 is 5.32 Å². The molecular weight excluding hydrogens is 250 g/mol. The Morgan fingerprint density at radius 3 is 2.80 bits per heavy atom. The molecule has 0 aliphatic carbocycles. The molecule has 0 amide bonds. The second-order valence-electron chi connectivity index (χ2n) is 6.03. The summed E-state index contributed by atoms with van der Waals surface area (Å²) in [6, 6.07) is 9.76. The van der Waals surface area contributed by atoms with Crippen molar-refractivity contribution in [3.05, 3.63) is 35.9 Å². The number of piperidine rings is 1. The molecule has 0 bridgehead atoms. The molecule has 1 aromatic rings. The van der Waals surface area contributed by atoms with Crippen molar-refractivity contribution in [3.63, 3.8) is 0 Å². The summed E-state index contributed by atoms with van der Waals surface area (Å²) in [6.45, 7) is 6.38. The zero-order valence-electron chi connectivity index (χ0n) is 12.6. The highest BCUT2D eigenvalue weighted by Crippen LogP contribution is 2.25. The van der Waals surface area contributed by atoms with Crippen LogP contribution in [0.5, 0.6) is 0 Å². The quantitative estimate of drug-likeness (QED) is 0.840. The average molecular weight is 277 g/mol. The fourth-order valence-electron chi connectivity index (χ4n) is 2.93. The molecule has 2 rings (SSSR count). The molecule has 1 fully saturated rings. The average Bonchev–Trinajstić information content (AvgIpc) is 2.48. The van der Waals surface area contributed by atoms with Gasteiger partial charge in [0, 0.05) is 6.54 Å². The minimum atomic E-state index is -0.921. The molecule has 0 aromatic heterocycles. The molecule has 3 nitrogen and oxygen atoms in total. The van der Waals surface area contributed by atoms with Crippen LogP contribution in [0.25, 0.3) is 0 Å². The van der Waals surface area contributed by atoms with Crippen molar-refractivity contribution < 1.29 is 9.84 Å². The maximum atomic E-state index is 10.6. The molecule has 0 spiro atoms. The fraction of sp³-hybridized carbons (Fsp3) is 0.647. The minimum Gasteiger partial charge on any atom is -0.383 e. The van der Waals surface area contributed by atoms with Gasteiger partial charge in [0.25, 0.3) is 0 Å². The summed E-state index contributed by atoms with van der Waals surface area (Å²) < 4.78 is 6.05. The number of nitrogens with one attached hydrogen (secondary N) is 1. The van der Waals surface area contributed by atoms with Gasteiger partial charge in [-0.15, -0.1) is 0 Å². The van der Waals surface area contributed by atoms with Crippen LogP contribution in [0.4, 0.5) is 0 Å². The van der Waals surface area contributed by atoms with Crippen molar-refractivity contribution >= 4 is 0 Å². The lowest BCUT2D eigenvalue weighted by atomic mass is 9.90. The molecule has 3 unspecified atom stereocenters. The first-order valence-electron chi connectivity index (χ1n) is 7.73. The van der Waals surface area contributed by atoms with Gasteiger partial charge in [-0.05, 0) is 37.8 Å². The Kier molecular flexibility index (Phi) is 5.58. The topological polar surface area (TPSA) is 41.5 Å². The van der Waals surface area contributed by atoms with E-state index < -0.39 is 5.60 Å². The zero-order valence-corrected chi connectivity index (χ0v) is 12.6. The van der Waals surface area contributed by atoms with Crippen LogP contribution in [0.2, 0.25) is 0 Å². The Bertz CT molecular complexity index is 389. The minimum absolute atomic E-state index is 0.221.